The molecule has 0 saturated carbocycles. The number of nitrogens with zero attached hydrogens (tertiary/aromatic N) is 1. The van der Waals surface area contributed by atoms with E-state index in [0.717, 1.165) is 5.56 Å². The first-order chi connectivity index (χ1) is 12.9. The Balaban J connectivity index is 1.84. The van der Waals surface area contributed by atoms with Gasteiger partial charge in [0, 0.05) is 17.5 Å². The Morgan fingerprint density at radius 1 is 1.30 bits per heavy atom. The molecule has 1 atom stereocenters. The Hall–Kier alpha value is -3.30. The van der Waals surface area contributed by atoms with E-state index in [9.17, 15) is 9.59 Å². The van der Waals surface area contributed by atoms with E-state index in [2.05, 4.69) is 5.32 Å². The van der Waals surface area contributed by atoms with Gasteiger partial charge in [0.25, 0.3) is 5.91 Å². The summed E-state index contributed by atoms with van der Waals surface area (Å²) in [5, 5.41) is 12.7. The first-order valence-corrected chi connectivity index (χ1v) is 8.47. The van der Waals surface area contributed by atoms with Crippen molar-refractivity contribution in [2.24, 2.45) is 0 Å². The van der Waals surface area contributed by atoms with Crippen LogP contribution in [0.2, 0.25) is 5.02 Å². The van der Waals surface area contributed by atoms with Crippen molar-refractivity contribution in [3.63, 3.8) is 0 Å². The van der Waals surface area contributed by atoms with Crippen molar-refractivity contribution in [1.82, 2.24) is 0 Å². The van der Waals surface area contributed by atoms with E-state index in [1.807, 2.05) is 6.07 Å². The molecular weight excluding hydrogens is 368 g/mol. The molecule has 0 aliphatic carbocycles. The molecule has 1 N–H and O–H groups in total. The molecule has 3 rings (SSSR count). The molecule has 136 valence electrons. The quantitative estimate of drug-likeness (QED) is 0.687. The molecule has 1 amide bonds. The Kier molecular flexibility index (Phi) is 5.15. The van der Waals surface area contributed by atoms with E-state index in [0.29, 0.717) is 22.2 Å². The van der Waals surface area contributed by atoms with Gasteiger partial charge in [-0.1, -0.05) is 23.7 Å². The fourth-order valence-corrected chi connectivity index (χ4v) is 2.79. The minimum absolute atomic E-state index is 0.217. The minimum atomic E-state index is -0.900. The lowest BCUT2D eigenvalue weighted by atomic mass is 10.1. The summed E-state index contributed by atoms with van der Waals surface area (Å²) in [4.78, 5) is 24.0. The lowest BCUT2D eigenvalue weighted by Gasteiger charge is -2.16. The number of aryl methyl sites for hydroxylation is 1. The van der Waals surface area contributed by atoms with Crippen molar-refractivity contribution in [1.29, 1.82) is 5.26 Å². The highest BCUT2D eigenvalue weighted by Gasteiger charge is 2.18. The molecule has 0 unspecified atom stereocenters. The SMILES string of the molecule is Cc1cc(=O)oc2cc(O[C@H](C)C(=O)Nc3ccccc3C#N)c(Cl)cc12. The highest BCUT2D eigenvalue weighted by molar-refractivity contribution is 6.32. The fraction of sp³-hybridized carbons (Fsp3) is 0.150. The molecule has 0 saturated heterocycles. The summed E-state index contributed by atoms with van der Waals surface area (Å²) < 4.78 is 10.8. The van der Waals surface area contributed by atoms with Crippen molar-refractivity contribution in [3.05, 3.63) is 69.0 Å². The highest BCUT2D eigenvalue weighted by Crippen LogP contribution is 2.31. The standard InChI is InChI=1S/C20H15ClN2O4/c1-11-7-19(24)27-17-9-18(15(21)8-14(11)17)26-12(2)20(25)23-16-6-4-3-5-13(16)10-22/h3-9,12H,1-2H3,(H,23,25)/t12-/m1/s1. The number of ether oxygens (including phenoxy) is 1. The molecule has 0 aliphatic rings. The van der Waals surface area contributed by atoms with Crippen molar-refractivity contribution in [2.45, 2.75) is 20.0 Å². The normalized spacial score (nSPS) is 11.6. The van der Waals surface area contributed by atoms with Crippen molar-refractivity contribution in [2.75, 3.05) is 5.32 Å². The van der Waals surface area contributed by atoms with Crippen LogP contribution in [0.4, 0.5) is 5.69 Å². The fourth-order valence-electron chi connectivity index (χ4n) is 2.58. The summed E-state index contributed by atoms with van der Waals surface area (Å²) in [6.45, 7) is 3.33. The second-order valence-electron chi connectivity index (χ2n) is 5.93. The summed E-state index contributed by atoms with van der Waals surface area (Å²) in [7, 11) is 0. The predicted molar refractivity (Wildman–Crippen MR) is 102 cm³/mol. The number of anilines is 1. The van der Waals surface area contributed by atoms with Gasteiger partial charge >= 0.3 is 5.63 Å². The third-order valence-electron chi connectivity index (χ3n) is 3.98. The maximum Gasteiger partial charge on any atom is 0.336 e. The Morgan fingerprint density at radius 3 is 2.78 bits per heavy atom. The third-order valence-corrected chi connectivity index (χ3v) is 4.28. The van der Waals surface area contributed by atoms with E-state index >= 15 is 0 Å². The Labute approximate surface area is 159 Å². The van der Waals surface area contributed by atoms with Gasteiger partial charge in [-0.25, -0.2) is 4.79 Å². The molecule has 6 nitrogen and oxygen atoms in total. The number of benzene rings is 2. The molecule has 27 heavy (non-hydrogen) atoms. The molecule has 0 spiro atoms. The van der Waals surface area contributed by atoms with Crippen LogP contribution in [0.15, 0.2) is 51.7 Å². The second-order valence-corrected chi connectivity index (χ2v) is 6.34. The number of nitrogens with one attached hydrogen (secondary N) is 1. The van der Waals surface area contributed by atoms with Crippen LogP contribution in [-0.4, -0.2) is 12.0 Å². The molecule has 7 heteroatoms. The average molecular weight is 383 g/mol. The van der Waals surface area contributed by atoms with Crippen molar-refractivity contribution < 1.29 is 13.9 Å². The molecular formula is C20H15ClN2O4. The summed E-state index contributed by atoms with van der Waals surface area (Å²) in [5.41, 5.74) is 1.31. The number of fused-ring (bicyclic) bond motifs is 1. The predicted octanol–water partition coefficient (Wildman–Crippen LogP) is 4.03. The van der Waals surface area contributed by atoms with E-state index in [1.54, 1.807) is 44.2 Å². The van der Waals surface area contributed by atoms with Crippen LogP contribution >= 0.6 is 11.6 Å². The zero-order valence-electron chi connectivity index (χ0n) is 14.6. The third kappa shape index (κ3) is 3.94. The monoisotopic (exact) mass is 382 g/mol. The van der Waals surface area contributed by atoms with E-state index in [1.165, 1.54) is 12.1 Å². The van der Waals surface area contributed by atoms with Crippen molar-refractivity contribution in [3.8, 4) is 11.8 Å². The lowest BCUT2D eigenvalue weighted by Crippen LogP contribution is -2.30. The minimum Gasteiger partial charge on any atom is -0.479 e. The van der Waals surface area contributed by atoms with E-state index < -0.39 is 17.6 Å². The number of carbonyl (C=O) groups excluding carboxylic acids is 1. The number of rotatable bonds is 4. The maximum absolute atomic E-state index is 12.4. The van der Waals surface area contributed by atoms with Gasteiger partial charge in [0.15, 0.2) is 6.10 Å². The largest absolute Gasteiger partial charge is 0.479 e. The molecule has 0 bridgehead atoms. The Bertz CT molecular complexity index is 1130. The van der Waals surface area contributed by atoms with Gasteiger partial charge in [-0.05, 0) is 37.6 Å². The van der Waals surface area contributed by atoms with Crippen LogP contribution in [0.25, 0.3) is 11.0 Å². The summed E-state index contributed by atoms with van der Waals surface area (Å²) >= 11 is 6.25. The number of halogens is 1. The van der Waals surface area contributed by atoms with Crippen molar-refractivity contribution >= 4 is 34.2 Å². The molecule has 1 heterocycles. The van der Waals surface area contributed by atoms with Crippen LogP contribution in [0.3, 0.4) is 0 Å². The molecule has 2 aromatic carbocycles. The summed E-state index contributed by atoms with van der Waals surface area (Å²) in [5.74, 6) is -0.228. The van der Waals surface area contributed by atoms with Crippen LogP contribution in [-0.2, 0) is 4.79 Å². The zero-order valence-corrected chi connectivity index (χ0v) is 15.3. The summed E-state index contributed by atoms with van der Waals surface area (Å²) in [6, 6.07) is 13.2. The summed E-state index contributed by atoms with van der Waals surface area (Å²) in [6.07, 6.45) is -0.900. The molecule has 0 fully saturated rings. The maximum atomic E-state index is 12.4. The van der Waals surface area contributed by atoms with Gasteiger partial charge in [0.2, 0.25) is 0 Å². The number of amides is 1. The lowest BCUT2D eigenvalue weighted by molar-refractivity contribution is -0.122. The molecule has 0 radical (unpaired) electrons. The van der Waals surface area contributed by atoms with E-state index in [-0.39, 0.29) is 10.8 Å². The van der Waals surface area contributed by atoms with Gasteiger partial charge in [-0.3, -0.25) is 4.79 Å². The average Bonchev–Trinajstić information content (AvgIpc) is 2.63. The van der Waals surface area contributed by atoms with E-state index in [4.69, 9.17) is 26.0 Å². The first kappa shape index (κ1) is 18.5. The topological polar surface area (TPSA) is 92.3 Å². The molecule has 3 aromatic rings. The smallest absolute Gasteiger partial charge is 0.336 e. The number of nitriles is 1. The first-order valence-electron chi connectivity index (χ1n) is 8.09. The highest BCUT2D eigenvalue weighted by atomic mass is 35.5. The number of carbonyl (C=O) groups is 1. The molecule has 0 aliphatic heterocycles. The number of hydrogen-bond donors (Lipinski definition) is 1. The van der Waals surface area contributed by atoms with Crippen LogP contribution in [0, 0.1) is 18.3 Å². The van der Waals surface area contributed by atoms with Gasteiger partial charge in [0.05, 0.1) is 16.3 Å². The van der Waals surface area contributed by atoms with Gasteiger partial charge in [0.1, 0.15) is 17.4 Å². The van der Waals surface area contributed by atoms with Gasteiger partial charge in [-0.2, -0.15) is 5.26 Å². The van der Waals surface area contributed by atoms with Crippen LogP contribution in [0.5, 0.6) is 5.75 Å². The van der Waals surface area contributed by atoms with Crippen LogP contribution < -0.4 is 15.7 Å². The Morgan fingerprint density at radius 2 is 2.04 bits per heavy atom. The van der Waals surface area contributed by atoms with Gasteiger partial charge < -0.3 is 14.5 Å². The zero-order chi connectivity index (χ0) is 19.6. The number of para-hydroxylation sites is 1. The van der Waals surface area contributed by atoms with Gasteiger partial charge in [-0.15, -0.1) is 0 Å². The second kappa shape index (κ2) is 7.52. The molecule has 1 aromatic heterocycles. The number of hydrogen-bond acceptors (Lipinski definition) is 5. The van der Waals surface area contributed by atoms with Crippen LogP contribution in [0.1, 0.15) is 18.1 Å².